The number of carbonyl (C=O) groups excluding carboxylic acids is 1. The molecule has 6 heteroatoms. The Balaban J connectivity index is 1.09. The Bertz CT molecular complexity index is 1240. The molecule has 0 radical (unpaired) electrons. The Hall–Kier alpha value is -3.12. The van der Waals surface area contributed by atoms with Gasteiger partial charge in [0.25, 0.3) is 0 Å². The second-order valence-corrected chi connectivity index (χ2v) is 11.0. The summed E-state index contributed by atoms with van der Waals surface area (Å²) in [4.78, 5) is 18.2. The molecule has 0 bridgehead atoms. The van der Waals surface area contributed by atoms with Gasteiger partial charge < -0.3 is 19.9 Å². The summed E-state index contributed by atoms with van der Waals surface area (Å²) >= 11 is 0. The molecule has 1 N–H and O–H groups in total. The van der Waals surface area contributed by atoms with Crippen molar-refractivity contribution >= 4 is 22.4 Å². The first-order valence-electron chi connectivity index (χ1n) is 13.8. The summed E-state index contributed by atoms with van der Waals surface area (Å²) in [7, 11) is 0. The normalized spacial score (nSPS) is 20.9. The van der Waals surface area contributed by atoms with Crippen molar-refractivity contribution in [3.63, 3.8) is 0 Å². The Labute approximate surface area is 218 Å². The van der Waals surface area contributed by atoms with Crippen LogP contribution in [0.3, 0.4) is 0 Å². The monoisotopic (exact) mass is 501 g/mol. The minimum absolute atomic E-state index is 0.0284. The number of hydrogen-bond acceptors (Lipinski definition) is 4. The molecule has 194 valence electrons. The van der Waals surface area contributed by atoms with E-state index >= 15 is 0 Å². The van der Waals surface area contributed by atoms with E-state index in [-0.39, 0.29) is 23.7 Å². The number of halogens is 1. The molecule has 0 spiro atoms. The molecule has 2 saturated heterocycles. The van der Waals surface area contributed by atoms with Gasteiger partial charge in [0.05, 0.1) is 12.0 Å². The number of anilines is 1. The highest BCUT2D eigenvalue weighted by Crippen LogP contribution is 2.29. The predicted molar refractivity (Wildman–Crippen MR) is 146 cm³/mol. The molecule has 3 aliphatic rings. The number of nitrogens with one attached hydrogen (secondary N) is 1. The minimum atomic E-state index is -0.218. The first-order chi connectivity index (χ1) is 18.1. The van der Waals surface area contributed by atoms with E-state index < -0.39 is 0 Å². The van der Waals surface area contributed by atoms with Crippen molar-refractivity contribution in [2.75, 3.05) is 37.6 Å². The van der Waals surface area contributed by atoms with Gasteiger partial charge in [-0.2, -0.15) is 0 Å². The Morgan fingerprint density at radius 2 is 1.70 bits per heavy atom. The van der Waals surface area contributed by atoms with E-state index in [2.05, 4.69) is 45.4 Å². The summed E-state index contributed by atoms with van der Waals surface area (Å²) in [5.74, 6) is 0.850. The van der Waals surface area contributed by atoms with Crippen LogP contribution in [0.1, 0.15) is 37.7 Å². The number of fused-ring (bicyclic) bond motifs is 1. The van der Waals surface area contributed by atoms with Gasteiger partial charge in [-0.3, -0.25) is 4.79 Å². The van der Waals surface area contributed by atoms with Crippen LogP contribution in [0.4, 0.5) is 10.1 Å². The average molecular weight is 502 g/mol. The molecule has 3 aromatic carbocycles. The van der Waals surface area contributed by atoms with Gasteiger partial charge in [-0.05, 0) is 104 Å². The van der Waals surface area contributed by atoms with E-state index in [1.54, 1.807) is 6.07 Å². The van der Waals surface area contributed by atoms with Crippen molar-refractivity contribution in [3.8, 4) is 5.75 Å². The first-order valence-corrected chi connectivity index (χ1v) is 13.8. The maximum Gasteiger partial charge on any atom is 0.225 e. The molecule has 0 aromatic heterocycles. The van der Waals surface area contributed by atoms with Crippen molar-refractivity contribution in [1.82, 2.24) is 10.2 Å². The standard InChI is InChI=1S/C31H36FN3O2/c32-26-7-5-24-19-28(8-6-23(24)18-26)35-16-13-25(20-35)31(36)33-27(21-34-14-1-2-15-34)17-22-3-9-29(10-4-22)37-30-11-12-30/h3-10,18-19,25,27,30H,1-2,11-17,20-21H2,(H,33,36)/t25-,27?/m1/s1. The van der Waals surface area contributed by atoms with Gasteiger partial charge in [-0.25, -0.2) is 4.39 Å². The second-order valence-electron chi connectivity index (χ2n) is 11.0. The SMILES string of the molecule is O=C(NC(Cc1ccc(OC2CC2)cc1)CN1CCCC1)[C@@H]1CCN(c2ccc3cc(F)ccc3c2)C1. The summed E-state index contributed by atoms with van der Waals surface area (Å²) in [6.45, 7) is 4.68. The van der Waals surface area contributed by atoms with Gasteiger partial charge in [0.2, 0.25) is 5.91 Å². The lowest BCUT2D eigenvalue weighted by Gasteiger charge is -2.26. The number of rotatable bonds is 9. The fraction of sp³-hybridized carbons (Fsp3) is 0.452. The third kappa shape index (κ3) is 6.07. The largest absolute Gasteiger partial charge is 0.490 e. The molecule has 2 atom stereocenters. The first kappa shape index (κ1) is 24.2. The third-order valence-electron chi connectivity index (χ3n) is 7.97. The number of amides is 1. The van der Waals surface area contributed by atoms with Crippen molar-refractivity contribution in [2.24, 2.45) is 5.92 Å². The van der Waals surface area contributed by atoms with E-state index in [1.165, 1.54) is 24.5 Å². The summed E-state index contributed by atoms with van der Waals surface area (Å²) in [5.41, 5.74) is 2.32. The quantitative estimate of drug-likeness (QED) is 0.439. The van der Waals surface area contributed by atoms with Crippen LogP contribution in [0.25, 0.3) is 10.8 Å². The topological polar surface area (TPSA) is 44.8 Å². The molecule has 2 aliphatic heterocycles. The van der Waals surface area contributed by atoms with E-state index in [9.17, 15) is 9.18 Å². The highest BCUT2D eigenvalue weighted by molar-refractivity contribution is 5.86. The van der Waals surface area contributed by atoms with Gasteiger partial charge >= 0.3 is 0 Å². The van der Waals surface area contributed by atoms with Gasteiger partial charge in [-0.1, -0.05) is 24.3 Å². The zero-order valence-corrected chi connectivity index (χ0v) is 21.4. The smallest absolute Gasteiger partial charge is 0.225 e. The third-order valence-corrected chi connectivity index (χ3v) is 7.97. The summed E-state index contributed by atoms with van der Waals surface area (Å²) in [5, 5.41) is 5.34. The lowest BCUT2D eigenvalue weighted by Crippen LogP contribution is -2.46. The predicted octanol–water partition coefficient (Wildman–Crippen LogP) is 5.17. The Morgan fingerprint density at radius 3 is 2.49 bits per heavy atom. The maximum absolute atomic E-state index is 13.5. The van der Waals surface area contributed by atoms with Crippen LogP contribution in [0, 0.1) is 11.7 Å². The summed E-state index contributed by atoms with van der Waals surface area (Å²) < 4.78 is 19.5. The number of nitrogens with zero attached hydrogens (tertiary/aromatic N) is 2. The van der Waals surface area contributed by atoms with Crippen LogP contribution in [0.2, 0.25) is 0 Å². The van der Waals surface area contributed by atoms with Gasteiger partial charge in [0.1, 0.15) is 11.6 Å². The molecule has 3 fully saturated rings. The van der Waals surface area contributed by atoms with E-state index in [4.69, 9.17) is 4.74 Å². The van der Waals surface area contributed by atoms with E-state index in [0.717, 1.165) is 74.1 Å². The molecule has 1 amide bonds. The van der Waals surface area contributed by atoms with Gasteiger partial charge in [-0.15, -0.1) is 0 Å². The van der Waals surface area contributed by atoms with Crippen molar-refractivity contribution in [3.05, 3.63) is 72.0 Å². The van der Waals surface area contributed by atoms with Crippen LogP contribution in [0.15, 0.2) is 60.7 Å². The minimum Gasteiger partial charge on any atom is -0.490 e. The van der Waals surface area contributed by atoms with E-state index in [1.807, 2.05) is 18.2 Å². The van der Waals surface area contributed by atoms with Crippen LogP contribution >= 0.6 is 0 Å². The lowest BCUT2D eigenvalue weighted by molar-refractivity contribution is -0.125. The lowest BCUT2D eigenvalue weighted by atomic mass is 10.0. The molecular formula is C31H36FN3O2. The number of likely N-dealkylation sites (tertiary alicyclic amines) is 1. The number of benzene rings is 3. The second kappa shape index (κ2) is 10.7. The molecule has 1 saturated carbocycles. The fourth-order valence-electron chi connectivity index (χ4n) is 5.73. The fourth-order valence-corrected chi connectivity index (χ4v) is 5.73. The molecular weight excluding hydrogens is 465 g/mol. The highest BCUT2D eigenvalue weighted by Gasteiger charge is 2.30. The Morgan fingerprint density at radius 1 is 0.946 bits per heavy atom. The summed E-state index contributed by atoms with van der Waals surface area (Å²) in [6.07, 6.45) is 6.86. The zero-order valence-electron chi connectivity index (χ0n) is 21.4. The highest BCUT2D eigenvalue weighted by atomic mass is 19.1. The van der Waals surface area contributed by atoms with Crippen LogP contribution in [-0.4, -0.2) is 55.7 Å². The molecule has 2 heterocycles. The molecule has 5 nitrogen and oxygen atoms in total. The van der Waals surface area contributed by atoms with Crippen molar-refractivity contribution < 1.29 is 13.9 Å². The molecule has 1 aliphatic carbocycles. The molecule has 6 rings (SSSR count). The maximum atomic E-state index is 13.5. The summed E-state index contributed by atoms with van der Waals surface area (Å²) in [6, 6.07) is 19.5. The van der Waals surface area contributed by atoms with Crippen LogP contribution < -0.4 is 15.0 Å². The van der Waals surface area contributed by atoms with E-state index in [0.29, 0.717) is 12.6 Å². The average Bonchev–Trinajstić information content (AvgIpc) is 3.34. The Kier molecular flexibility index (Phi) is 7.01. The van der Waals surface area contributed by atoms with Gasteiger partial charge in [0, 0.05) is 31.4 Å². The van der Waals surface area contributed by atoms with Gasteiger partial charge in [0.15, 0.2) is 0 Å². The van der Waals surface area contributed by atoms with Crippen molar-refractivity contribution in [2.45, 2.75) is 50.7 Å². The molecule has 37 heavy (non-hydrogen) atoms. The number of carbonyl (C=O) groups is 1. The molecule has 1 unspecified atom stereocenters. The molecule has 3 aromatic rings. The number of hydrogen-bond donors (Lipinski definition) is 1. The zero-order chi connectivity index (χ0) is 25.2. The van der Waals surface area contributed by atoms with Crippen LogP contribution in [0.5, 0.6) is 5.75 Å². The van der Waals surface area contributed by atoms with Crippen LogP contribution in [-0.2, 0) is 11.2 Å². The number of ether oxygens (including phenoxy) is 1. The van der Waals surface area contributed by atoms with Crippen molar-refractivity contribution in [1.29, 1.82) is 0 Å².